The number of carbonyl (C=O) groups excluding carboxylic acids is 4. The summed E-state index contributed by atoms with van der Waals surface area (Å²) in [5.41, 5.74) is 1.95. The van der Waals surface area contributed by atoms with Gasteiger partial charge in [0.1, 0.15) is 6.04 Å². The standard InChI is InChI=1S/C20H24N4O4/c1-12-6-8-23(9-7-12)20(28)21-14-2-3-15-13(10-14)11-24(19(15)27)16-4-5-17(25)22-18(16)26/h2-3,10,12,16H,4-9,11H2,1H3,(H,21,28)(H,22,25,26). The Bertz CT molecular complexity index is 845. The fourth-order valence-corrected chi connectivity index (χ4v) is 4.07. The molecule has 3 aliphatic heterocycles. The number of rotatable bonds is 2. The predicted molar refractivity (Wildman–Crippen MR) is 101 cm³/mol. The lowest BCUT2D eigenvalue weighted by Crippen LogP contribution is -2.52. The van der Waals surface area contributed by atoms with Crippen molar-refractivity contribution in [2.45, 2.75) is 45.2 Å². The molecule has 0 spiro atoms. The second kappa shape index (κ2) is 7.26. The Hall–Kier alpha value is -2.90. The molecule has 5 amide bonds. The van der Waals surface area contributed by atoms with Gasteiger partial charge in [-0.15, -0.1) is 0 Å². The maximum absolute atomic E-state index is 12.7. The lowest BCUT2D eigenvalue weighted by molar-refractivity contribution is -0.136. The van der Waals surface area contributed by atoms with Crippen molar-refractivity contribution in [1.29, 1.82) is 0 Å². The predicted octanol–water partition coefficient (Wildman–Crippen LogP) is 1.71. The van der Waals surface area contributed by atoms with Crippen molar-refractivity contribution in [3.63, 3.8) is 0 Å². The number of likely N-dealkylation sites (tertiary alicyclic amines) is 1. The van der Waals surface area contributed by atoms with Crippen molar-refractivity contribution in [3.8, 4) is 0 Å². The van der Waals surface area contributed by atoms with E-state index in [1.54, 1.807) is 18.2 Å². The summed E-state index contributed by atoms with van der Waals surface area (Å²) < 4.78 is 0. The highest BCUT2D eigenvalue weighted by Gasteiger charge is 2.39. The van der Waals surface area contributed by atoms with E-state index in [0.29, 0.717) is 30.1 Å². The minimum absolute atomic E-state index is 0.127. The van der Waals surface area contributed by atoms with E-state index < -0.39 is 11.9 Å². The molecule has 0 aromatic heterocycles. The van der Waals surface area contributed by atoms with Gasteiger partial charge < -0.3 is 15.1 Å². The smallest absolute Gasteiger partial charge is 0.321 e. The fraction of sp³-hybridized carbons (Fsp3) is 0.500. The first-order valence-corrected chi connectivity index (χ1v) is 9.76. The molecular weight excluding hydrogens is 360 g/mol. The minimum Gasteiger partial charge on any atom is -0.325 e. The Labute approximate surface area is 163 Å². The summed E-state index contributed by atoms with van der Waals surface area (Å²) in [5.74, 6) is -0.298. The lowest BCUT2D eigenvalue weighted by atomic mass is 10.00. The first-order valence-electron chi connectivity index (χ1n) is 9.76. The van der Waals surface area contributed by atoms with E-state index in [0.717, 1.165) is 31.5 Å². The highest BCUT2D eigenvalue weighted by Crippen LogP contribution is 2.29. The molecule has 2 N–H and O–H groups in total. The quantitative estimate of drug-likeness (QED) is 0.759. The molecule has 3 aliphatic rings. The van der Waals surface area contributed by atoms with Gasteiger partial charge in [-0.05, 0) is 48.9 Å². The second-order valence-corrected chi connectivity index (χ2v) is 7.87. The Kier molecular flexibility index (Phi) is 4.78. The summed E-state index contributed by atoms with van der Waals surface area (Å²) >= 11 is 0. The van der Waals surface area contributed by atoms with E-state index in [2.05, 4.69) is 17.6 Å². The molecule has 2 fully saturated rings. The topological polar surface area (TPSA) is 98.8 Å². The highest BCUT2D eigenvalue weighted by atomic mass is 16.2. The molecular formula is C20H24N4O4. The van der Waals surface area contributed by atoms with Gasteiger partial charge in [-0.3, -0.25) is 19.7 Å². The second-order valence-electron chi connectivity index (χ2n) is 7.87. The number of hydrogen-bond acceptors (Lipinski definition) is 4. The van der Waals surface area contributed by atoms with Crippen LogP contribution in [-0.2, 0) is 16.1 Å². The SMILES string of the molecule is CC1CCN(C(=O)Nc2ccc3c(c2)CN(C2CCC(=O)NC2=O)C3=O)CC1. The molecule has 8 heteroatoms. The number of piperidine rings is 2. The molecule has 0 bridgehead atoms. The number of urea groups is 1. The zero-order valence-electron chi connectivity index (χ0n) is 15.9. The molecule has 28 heavy (non-hydrogen) atoms. The number of fused-ring (bicyclic) bond motifs is 1. The average molecular weight is 384 g/mol. The number of nitrogens with zero attached hydrogens (tertiary/aromatic N) is 2. The third kappa shape index (κ3) is 3.46. The highest BCUT2D eigenvalue weighted by molar-refractivity contribution is 6.05. The first kappa shape index (κ1) is 18.5. The lowest BCUT2D eigenvalue weighted by Gasteiger charge is -2.30. The van der Waals surface area contributed by atoms with Crippen LogP contribution in [0, 0.1) is 5.92 Å². The average Bonchev–Trinajstić information content (AvgIpc) is 2.98. The van der Waals surface area contributed by atoms with Crippen molar-refractivity contribution < 1.29 is 19.2 Å². The number of amides is 5. The normalized spacial score (nSPS) is 22.9. The molecule has 1 aromatic carbocycles. The largest absolute Gasteiger partial charge is 0.325 e. The molecule has 0 radical (unpaired) electrons. The Balaban J connectivity index is 1.44. The van der Waals surface area contributed by atoms with Gasteiger partial charge in [0.2, 0.25) is 11.8 Å². The summed E-state index contributed by atoms with van der Waals surface area (Å²) in [5, 5.41) is 5.21. The maximum Gasteiger partial charge on any atom is 0.321 e. The third-order valence-corrected chi connectivity index (χ3v) is 5.85. The molecule has 1 unspecified atom stereocenters. The van der Waals surface area contributed by atoms with Crippen LogP contribution in [0.2, 0.25) is 0 Å². The molecule has 2 saturated heterocycles. The monoisotopic (exact) mass is 384 g/mol. The summed E-state index contributed by atoms with van der Waals surface area (Å²) in [6.45, 7) is 3.99. The number of anilines is 1. The summed E-state index contributed by atoms with van der Waals surface area (Å²) in [7, 11) is 0. The molecule has 148 valence electrons. The van der Waals surface area contributed by atoms with Crippen LogP contribution in [0.3, 0.4) is 0 Å². The van der Waals surface area contributed by atoms with E-state index in [1.807, 2.05) is 4.90 Å². The van der Waals surface area contributed by atoms with Crippen LogP contribution in [-0.4, -0.2) is 52.7 Å². The molecule has 3 heterocycles. The van der Waals surface area contributed by atoms with Crippen molar-refractivity contribution >= 4 is 29.4 Å². The van der Waals surface area contributed by atoms with E-state index in [9.17, 15) is 19.2 Å². The van der Waals surface area contributed by atoms with Crippen LogP contribution < -0.4 is 10.6 Å². The van der Waals surface area contributed by atoms with Crippen molar-refractivity contribution in [1.82, 2.24) is 15.1 Å². The number of imide groups is 1. The van der Waals surface area contributed by atoms with Crippen molar-refractivity contribution in [2.75, 3.05) is 18.4 Å². The van der Waals surface area contributed by atoms with Crippen LogP contribution in [0.4, 0.5) is 10.5 Å². The summed E-state index contributed by atoms with van der Waals surface area (Å²) in [4.78, 5) is 52.0. The molecule has 4 rings (SSSR count). The molecule has 0 saturated carbocycles. The van der Waals surface area contributed by atoms with Crippen molar-refractivity contribution in [3.05, 3.63) is 29.3 Å². The molecule has 8 nitrogen and oxygen atoms in total. The molecule has 0 aliphatic carbocycles. The maximum atomic E-state index is 12.7. The van der Waals surface area contributed by atoms with Crippen LogP contribution in [0.15, 0.2) is 18.2 Å². The van der Waals surface area contributed by atoms with Gasteiger partial charge in [-0.1, -0.05) is 6.92 Å². The number of carbonyl (C=O) groups is 4. The van der Waals surface area contributed by atoms with Gasteiger partial charge in [0, 0.05) is 37.3 Å². The van der Waals surface area contributed by atoms with Crippen molar-refractivity contribution in [2.24, 2.45) is 5.92 Å². The molecule has 1 atom stereocenters. The zero-order valence-corrected chi connectivity index (χ0v) is 15.9. The zero-order chi connectivity index (χ0) is 19.8. The fourth-order valence-electron chi connectivity index (χ4n) is 4.07. The Morgan fingerprint density at radius 2 is 1.89 bits per heavy atom. The van der Waals surface area contributed by atoms with E-state index in [1.165, 1.54) is 4.90 Å². The van der Waals surface area contributed by atoms with Gasteiger partial charge >= 0.3 is 6.03 Å². The van der Waals surface area contributed by atoms with Gasteiger partial charge in [0.05, 0.1) is 0 Å². The van der Waals surface area contributed by atoms with E-state index >= 15 is 0 Å². The number of benzene rings is 1. The van der Waals surface area contributed by atoms with E-state index in [-0.39, 0.29) is 24.3 Å². The van der Waals surface area contributed by atoms with Gasteiger partial charge in [0.15, 0.2) is 0 Å². The summed E-state index contributed by atoms with van der Waals surface area (Å²) in [6, 6.07) is 4.44. The first-order chi connectivity index (χ1) is 13.4. The Morgan fingerprint density at radius 1 is 1.14 bits per heavy atom. The van der Waals surface area contributed by atoms with Crippen LogP contribution >= 0.6 is 0 Å². The van der Waals surface area contributed by atoms with Gasteiger partial charge in [0.25, 0.3) is 5.91 Å². The van der Waals surface area contributed by atoms with Crippen LogP contribution in [0.5, 0.6) is 0 Å². The third-order valence-electron chi connectivity index (χ3n) is 5.85. The Morgan fingerprint density at radius 3 is 2.61 bits per heavy atom. The van der Waals surface area contributed by atoms with Crippen LogP contribution in [0.25, 0.3) is 0 Å². The van der Waals surface area contributed by atoms with Crippen LogP contribution in [0.1, 0.15) is 48.5 Å². The van der Waals surface area contributed by atoms with E-state index in [4.69, 9.17) is 0 Å². The minimum atomic E-state index is -0.633. The number of nitrogens with one attached hydrogen (secondary N) is 2. The summed E-state index contributed by atoms with van der Waals surface area (Å²) in [6.07, 6.45) is 2.58. The van der Waals surface area contributed by atoms with Gasteiger partial charge in [-0.2, -0.15) is 0 Å². The molecule has 1 aromatic rings. The van der Waals surface area contributed by atoms with Gasteiger partial charge in [-0.25, -0.2) is 4.79 Å². The number of hydrogen-bond donors (Lipinski definition) is 2.